The van der Waals surface area contributed by atoms with Crippen LogP contribution in [0, 0.1) is 12.8 Å². The maximum atomic E-state index is 12.5. The molecule has 1 aromatic carbocycles. The third kappa shape index (κ3) is 4.31. The van der Waals surface area contributed by atoms with E-state index in [-0.39, 0.29) is 11.8 Å². The number of carbonyl (C=O) groups is 1. The molecule has 2 aromatic rings. The highest BCUT2D eigenvalue weighted by molar-refractivity contribution is 5.79. The van der Waals surface area contributed by atoms with Crippen LogP contribution in [0.25, 0.3) is 0 Å². The number of rotatable bonds is 5. The van der Waals surface area contributed by atoms with Crippen molar-refractivity contribution in [2.75, 3.05) is 24.5 Å². The normalized spacial score (nSPS) is 17.5. The lowest BCUT2D eigenvalue weighted by Gasteiger charge is -2.32. The molecule has 1 aliphatic rings. The SMILES string of the molecule is Cc1ccnc(N2CCC[C@@H](C(=O)NCCc3ccccc3)C2)n1. The molecule has 3 rings (SSSR count). The van der Waals surface area contributed by atoms with E-state index in [1.54, 1.807) is 6.20 Å². The molecule has 24 heavy (non-hydrogen) atoms. The van der Waals surface area contributed by atoms with Gasteiger partial charge in [-0.3, -0.25) is 4.79 Å². The fourth-order valence-corrected chi connectivity index (χ4v) is 3.08. The van der Waals surface area contributed by atoms with E-state index >= 15 is 0 Å². The summed E-state index contributed by atoms with van der Waals surface area (Å²) in [7, 11) is 0. The zero-order valence-electron chi connectivity index (χ0n) is 14.1. The van der Waals surface area contributed by atoms with Gasteiger partial charge in [-0.1, -0.05) is 30.3 Å². The van der Waals surface area contributed by atoms with Crippen molar-refractivity contribution in [3.8, 4) is 0 Å². The van der Waals surface area contributed by atoms with Crippen LogP contribution < -0.4 is 10.2 Å². The zero-order chi connectivity index (χ0) is 16.8. The molecule has 0 bridgehead atoms. The van der Waals surface area contributed by atoms with Crippen LogP contribution in [-0.4, -0.2) is 35.5 Å². The van der Waals surface area contributed by atoms with Crippen molar-refractivity contribution in [2.24, 2.45) is 5.92 Å². The monoisotopic (exact) mass is 324 g/mol. The number of carbonyl (C=O) groups excluding carboxylic acids is 1. The summed E-state index contributed by atoms with van der Waals surface area (Å²) in [5.74, 6) is 0.888. The van der Waals surface area contributed by atoms with Gasteiger partial charge in [-0.25, -0.2) is 9.97 Å². The maximum Gasteiger partial charge on any atom is 0.225 e. The molecule has 5 heteroatoms. The minimum atomic E-state index is 0.0126. The maximum absolute atomic E-state index is 12.5. The predicted octanol–water partition coefficient (Wildman–Crippen LogP) is 2.36. The number of amides is 1. The summed E-state index contributed by atoms with van der Waals surface area (Å²) in [5, 5.41) is 3.08. The van der Waals surface area contributed by atoms with E-state index < -0.39 is 0 Å². The molecule has 1 atom stereocenters. The molecule has 1 aliphatic heterocycles. The Balaban J connectivity index is 1.51. The van der Waals surface area contributed by atoms with Crippen LogP contribution in [0.4, 0.5) is 5.95 Å². The molecule has 1 amide bonds. The molecule has 126 valence electrons. The topological polar surface area (TPSA) is 58.1 Å². The molecule has 0 spiro atoms. The number of benzene rings is 1. The van der Waals surface area contributed by atoms with Crippen LogP contribution in [0.5, 0.6) is 0 Å². The van der Waals surface area contributed by atoms with Gasteiger partial charge < -0.3 is 10.2 Å². The van der Waals surface area contributed by atoms with E-state index in [1.807, 2.05) is 31.2 Å². The molecule has 2 heterocycles. The quantitative estimate of drug-likeness (QED) is 0.917. The van der Waals surface area contributed by atoms with E-state index in [0.29, 0.717) is 13.1 Å². The van der Waals surface area contributed by atoms with E-state index in [9.17, 15) is 4.79 Å². The van der Waals surface area contributed by atoms with Crippen LogP contribution in [0.3, 0.4) is 0 Å². The first kappa shape index (κ1) is 16.4. The molecule has 0 saturated carbocycles. The molecule has 5 nitrogen and oxygen atoms in total. The van der Waals surface area contributed by atoms with Crippen molar-refractivity contribution in [1.82, 2.24) is 15.3 Å². The smallest absolute Gasteiger partial charge is 0.225 e. The van der Waals surface area contributed by atoms with Crippen molar-refractivity contribution >= 4 is 11.9 Å². The Morgan fingerprint density at radius 3 is 2.92 bits per heavy atom. The lowest BCUT2D eigenvalue weighted by Crippen LogP contribution is -2.44. The van der Waals surface area contributed by atoms with Crippen molar-refractivity contribution in [3.63, 3.8) is 0 Å². The van der Waals surface area contributed by atoms with Crippen molar-refractivity contribution in [2.45, 2.75) is 26.2 Å². The molecule has 1 N–H and O–H groups in total. The molecule has 0 radical (unpaired) electrons. The largest absolute Gasteiger partial charge is 0.355 e. The average molecular weight is 324 g/mol. The summed E-state index contributed by atoms with van der Waals surface area (Å²) in [6, 6.07) is 12.1. The number of anilines is 1. The Bertz CT molecular complexity index is 674. The van der Waals surface area contributed by atoms with Gasteiger partial charge in [0.05, 0.1) is 5.92 Å². The Labute approximate surface area is 143 Å². The highest BCUT2D eigenvalue weighted by Crippen LogP contribution is 2.20. The number of piperidine rings is 1. The zero-order valence-corrected chi connectivity index (χ0v) is 14.1. The van der Waals surface area contributed by atoms with Crippen LogP contribution in [0.1, 0.15) is 24.1 Å². The number of nitrogens with one attached hydrogen (secondary N) is 1. The predicted molar refractivity (Wildman–Crippen MR) is 94.9 cm³/mol. The van der Waals surface area contributed by atoms with Crippen molar-refractivity contribution in [3.05, 3.63) is 53.9 Å². The van der Waals surface area contributed by atoms with Gasteiger partial charge >= 0.3 is 0 Å². The van der Waals surface area contributed by atoms with Crippen LogP contribution >= 0.6 is 0 Å². The van der Waals surface area contributed by atoms with Gasteiger partial charge in [0.2, 0.25) is 11.9 Å². The van der Waals surface area contributed by atoms with E-state index in [1.165, 1.54) is 5.56 Å². The Morgan fingerprint density at radius 2 is 2.12 bits per heavy atom. The van der Waals surface area contributed by atoms with Crippen LogP contribution in [-0.2, 0) is 11.2 Å². The fraction of sp³-hybridized carbons (Fsp3) is 0.421. The highest BCUT2D eigenvalue weighted by atomic mass is 16.1. The second kappa shape index (κ2) is 7.90. The average Bonchev–Trinajstić information content (AvgIpc) is 2.63. The van der Waals surface area contributed by atoms with Gasteiger partial charge in [0.15, 0.2) is 0 Å². The summed E-state index contributed by atoms with van der Waals surface area (Å²) in [6.45, 7) is 4.25. The summed E-state index contributed by atoms with van der Waals surface area (Å²) in [6.07, 6.45) is 4.57. The number of aromatic nitrogens is 2. The van der Waals surface area contributed by atoms with E-state index in [0.717, 1.165) is 37.4 Å². The number of hydrogen-bond donors (Lipinski definition) is 1. The second-order valence-electron chi connectivity index (χ2n) is 6.31. The molecule has 1 saturated heterocycles. The lowest BCUT2D eigenvalue weighted by atomic mass is 9.97. The number of nitrogens with zero attached hydrogens (tertiary/aromatic N) is 3. The third-order valence-electron chi connectivity index (χ3n) is 4.41. The van der Waals surface area contributed by atoms with E-state index in [4.69, 9.17) is 0 Å². The molecular weight excluding hydrogens is 300 g/mol. The first-order chi connectivity index (χ1) is 11.7. The van der Waals surface area contributed by atoms with E-state index in [2.05, 4.69) is 32.3 Å². The standard InChI is InChI=1S/C19H24N4O/c1-15-9-11-21-19(22-15)23-13-5-8-17(14-23)18(24)20-12-10-16-6-3-2-4-7-16/h2-4,6-7,9,11,17H,5,8,10,12-14H2,1H3,(H,20,24)/t17-/m1/s1. The Kier molecular flexibility index (Phi) is 5.41. The second-order valence-corrected chi connectivity index (χ2v) is 6.31. The lowest BCUT2D eigenvalue weighted by molar-refractivity contribution is -0.125. The summed E-state index contributed by atoms with van der Waals surface area (Å²) in [4.78, 5) is 23.4. The van der Waals surface area contributed by atoms with Gasteiger partial charge in [-0.05, 0) is 37.8 Å². The fourth-order valence-electron chi connectivity index (χ4n) is 3.08. The van der Waals surface area contributed by atoms with Crippen molar-refractivity contribution < 1.29 is 4.79 Å². The molecule has 0 unspecified atom stereocenters. The van der Waals surface area contributed by atoms with Gasteiger partial charge in [0.25, 0.3) is 0 Å². The minimum absolute atomic E-state index is 0.0126. The molecule has 0 aliphatic carbocycles. The first-order valence-electron chi connectivity index (χ1n) is 8.58. The molecule has 1 fully saturated rings. The first-order valence-corrected chi connectivity index (χ1v) is 8.58. The molecular formula is C19H24N4O. The third-order valence-corrected chi connectivity index (χ3v) is 4.41. The summed E-state index contributed by atoms with van der Waals surface area (Å²) in [5.41, 5.74) is 2.20. The van der Waals surface area contributed by atoms with Gasteiger partial charge in [0.1, 0.15) is 0 Å². The van der Waals surface area contributed by atoms with Gasteiger partial charge in [-0.15, -0.1) is 0 Å². The number of aryl methyl sites for hydroxylation is 1. The summed E-state index contributed by atoms with van der Waals surface area (Å²) >= 11 is 0. The summed E-state index contributed by atoms with van der Waals surface area (Å²) < 4.78 is 0. The minimum Gasteiger partial charge on any atom is -0.355 e. The molecule has 1 aromatic heterocycles. The Morgan fingerprint density at radius 1 is 1.29 bits per heavy atom. The highest BCUT2D eigenvalue weighted by Gasteiger charge is 2.26. The van der Waals surface area contributed by atoms with Gasteiger partial charge in [0, 0.05) is 31.5 Å². The number of hydrogen-bond acceptors (Lipinski definition) is 4. The van der Waals surface area contributed by atoms with Gasteiger partial charge in [-0.2, -0.15) is 0 Å². The van der Waals surface area contributed by atoms with Crippen LogP contribution in [0.15, 0.2) is 42.6 Å². The Hall–Kier alpha value is -2.43. The van der Waals surface area contributed by atoms with Crippen LogP contribution in [0.2, 0.25) is 0 Å². The van der Waals surface area contributed by atoms with Crippen molar-refractivity contribution in [1.29, 1.82) is 0 Å².